The number of hydrogen-bond acceptors (Lipinski definition) is 5. The molecular weight excluding hydrogens is 261 g/mol. The fourth-order valence-electron chi connectivity index (χ4n) is 1.86. The van der Waals surface area contributed by atoms with Crippen molar-refractivity contribution < 1.29 is 14.0 Å². The second kappa shape index (κ2) is 4.65. The normalized spacial score (nSPS) is 13.8. The number of nitrogens with one attached hydrogen (secondary N) is 1. The van der Waals surface area contributed by atoms with E-state index in [-0.39, 0.29) is 22.9 Å². The molecule has 1 N–H and O–H groups in total. The van der Waals surface area contributed by atoms with E-state index in [1.54, 1.807) is 0 Å². The molecule has 1 aliphatic rings. The van der Waals surface area contributed by atoms with Crippen molar-refractivity contribution >= 4 is 17.3 Å². The highest BCUT2D eigenvalue weighted by Gasteiger charge is 2.27. The molecule has 0 amide bonds. The van der Waals surface area contributed by atoms with Gasteiger partial charge in [0.05, 0.1) is 5.70 Å². The number of nitrogens with zero attached hydrogens (tertiary/aromatic N) is 2. The third-order valence-corrected chi connectivity index (χ3v) is 2.79. The number of halogens is 1. The summed E-state index contributed by atoms with van der Waals surface area (Å²) in [6.07, 6.45) is 3.88. The van der Waals surface area contributed by atoms with E-state index >= 15 is 0 Å². The lowest BCUT2D eigenvalue weighted by Gasteiger charge is -2.14. The van der Waals surface area contributed by atoms with Gasteiger partial charge in [-0.05, 0) is 24.3 Å². The molecule has 6 heteroatoms. The molecular formula is C14H8FN3O2. The Morgan fingerprint density at radius 3 is 2.30 bits per heavy atom. The number of rotatable bonds is 2. The van der Waals surface area contributed by atoms with Crippen LogP contribution in [0.1, 0.15) is 21.0 Å². The first-order chi connectivity index (χ1) is 9.65. The molecule has 20 heavy (non-hydrogen) atoms. The first-order valence-corrected chi connectivity index (χ1v) is 5.79. The van der Waals surface area contributed by atoms with Gasteiger partial charge in [-0.25, -0.2) is 14.4 Å². The Bertz CT molecular complexity index is 738. The summed E-state index contributed by atoms with van der Waals surface area (Å²) in [7, 11) is 0. The van der Waals surface area contributed by atoms with E-state index in [0.29, 0.717) is 5.69 Å². The fraction of sp³-hybridized carbons (Fsp3) is 0. The van der Waals surface area contributed by atoms with E-state index < -0.39 is 11.6 Å². The molecule has 0 atom stereocenters. The van der Waals surface area contributed by atoms with Crippen LogP contribution in [0.4, 0.5) is 10.1 Å². The van der Waals surface area contributed by atoms with Crippen LogP contribution in [-0.4, -0.2) is 21.5 Å². The Balaban J connectivity index is 1.94. The van der Waals surface area contributed by atoms with E-state index in [0.717, 1.165) is 0 Å². The number of anilines is 1. The lowest BCUT2D eigenvalue weighted by molar-refractivity contribution is 0.0978. The van der Waals surface area contributed by atoms with Gasteiger partial charge in [0.1, 0.15) is 17.2 Å². The maximum absolute atomic E-state index is 12.8. The van der Waals surface area contributed by atoms with E-state index in [9.17, 15) is 14.0 Å². The van der Waals surface area contributed by atoms with Crippen LogP contribution in [0.3, 0.4) is 0 Å². The summed E-state index contributed by atoms with van der Waals surface area (Å²) in [4.78, 5) is 31.8. The number of carbonyl (C=O) groups excluding carboxylic acids is 2. The molecule has 3 rings (SSSR count). The third-order valence-electron chi connectivity index (χ3n) is 2.79. The van der Waals surface area contributed by atoms with Gasteiger partial charge in [0.15, 0.2) is 0 Å². The molecule has 0 unspecified atom stereocenters. The van der Waals surface area contributed by atoms with Crippen LogP contribution in [0.25, 0.3) is 0 Å². The summed E-state index contributed by atoms with van der Waals surface area (Å²) in [5.41, 5.74) is 0.660. The maximum atomic E-state index is 12.8. The van der Waals surface area contributed by atoms with Crippen molar-refractivity contribution in [3.63, 3.8) is 0 Å². The predicted molar refractivity (Wildman–Crippen MR) is 68.8 cm³/mol. The van der Waals surface area contributed by atoms with E-state index in [1.165, 1.54) is 42.7 Å². The van der Waals surface area contributed by atoms with Crippen molar-refractivity contribution in [2.75, 3.05) is 5.32 Å². The summed E-state index contributed by atoms with van der Waals surface area (Å²) in [6.45, 7) is 0. The van der Waals surface area contributed by atoms with Crippen LogP contribution in [0.15, 0.2) is 48.4 Å². The maximum Gasteiger partial charge on any atom is 0.229 e. The van der Waals surface area contributed by atoms with Gasteiger partial charge in [0.25, 0.3) is 0 Å². The standard InChI is InChI=1S/C14H8FN3O2/c15-8-1-3-9(4-2-8)18-10-7-11(19)12-13(14(10)20)17-6-5-16-12/h1-7,18H. The lowest BCUT2D eigenvalue weighted by atomic mass is 10.0. The number of Topliss-reactive ketones (excluding diaryl/α,β-unsaturated/α-hetero) is 1. The molecule has 0 aliphatic heterocycles. The minimum Gasteiger partial charge on any atom is -0.352 e. The summed E-state index contributed by atoms with van der Waals surface area (Å²) in [5.74, 6) is -1.19. The number of fused-ring (bicyclic) bond motifs is 1. The zero-order chi connectivity index (χ0) is 14.1. The molecule has 0 bridgehead atoms. The van der Waals surface area contributed by atoms with E-state index in [4.69, 9.17) is 0 Å². The van der Waals surface area contributed by atoms with Crippen LogP contribution in [-0.2, 0) is 0 Å². The number of carbonyl (C=O) groups is 2. The zero-order valence-corrected chi connectivity index (χ0v) is 10.1. The molecule has 1 heterocycles. The Kier molecular flexibility index (Phi) is 2.83. The summed E-state index contributed by atoms with van der Waals surface area (Å²) < 4.78 is 12.8. The molecule has 0 saturated carbocycles. The lowest BCUT2D eigenvalue weighted by Crippen LogP contribution is -2.23. The van der Waals surface area contributed by atoms with Crippen molar-refractivity contribution in [2.24, 2.45) is 0 Å². The quantitative estimate of drug-likeness (QED) is 0.902. The fourth-order valence-corrected chi connectivity index (χ4v) is 1.86. The van der Waals surface area contributed by atoms with E-state index in [1.807, 2.05) is 0 Å². The van der Waals surface area contributed by atoms with Crippen LogP contribution < -0.4 is 5.32 Å². The molecule has 0 fully saturated rings. The molecule has 98 valence electrons. The molecule has 1 aromatic heterocycles. The Morgan fingerprint density at radius 1 is 0.950 bits per heavy atom. The molecule has 0 radical (unpaired) electrons. The topological polar surface area (TPSA) is 72.0 Å². The zero-order valence-electron chi connectivity index (χ0n) is 10.1. The largest absolute Gasteiger partial charge is 0.352 e. The summed E-state index contributed by atoms with van der Waals surface area (Å²) in [6, 6.07) is 5.46. The predicted octanol–water partition coefficient (Wildman–Crippen LogP) is 1.99. The first kappa shape index (κ1) is 12.2. The number of ketones is 2. The molecule has 5 nitrogen and oxygen atoms in total. The van der Waals surface area contributed by atoms with Gasteiger partial charge in [0, 0.05) is 24.2 Å². The highest BCUT2D eigenvalue weighted by molar-refractivity contribution is 6.23. The minimum absolute atomic E-state index is 0.0182. The highest BCUT2D eigenvalue weighted by Crippen LogP contribution is 2.19. The van der Waals surface area contributed by atoms with Gasteiger partial charge in [-0.15, -0.1) is 0 Å². The van der Waals surface area contributed by atoms with Gasteiger partial charge in [-0.2, -0.15) is 0 Å². The van der Waals surface area contributed by atoms with Crippen LogP contribution in [0, 0.1) is 5.82 Å². The van der Waals surface area contributed by atoms with Crippen LogP contribution in [0.2, 0.25) is 0 Å². The SMILES string of the molecule is O=C1C=C(Nc2ccc(F)cc2)C(=O)c2nccnc21. The van der Waals surface area contributed by atoms with Crippen molar-refractivity contribution in [1.29, 1.82) is 0 Å². The summed E-state index contributed by atoms with van der Waals surface area (Å²) in [5, 5.41) is 2.79. The minimum atomic E-state index is -0.419. The number of aromatic nitrogens is 2. The molecule has 0 saturated heterocycles. The summed E-state index contributed by atoms with van der Waals surface area (Å²) >= 11 is 0. The van der Waals surface area contributed by atoms with Crippen molar-refractivity contribution in [2.45, 2.75) is 0 Å². The second-order valence-corrected chi connectivity index (χ2v) is 4.14. The van der Waals surface area contributed by atoms with Crippen molar-refractivity contribution in [3.05, 3.63) is 65.6 Å². The third kappa shape index (κ3) is 2.07. The average Bonchev–Trinajstić information content (AvgIpc) is 2.47. The average molecular weight is 269 g/mol. The van der Waals surface area contributed by atoms with Crippen molar-refractivity contribution in [1.82, 2.24) is 9.97 Å². The number of allylic oxidation sites excluding steroid dienone is 2. The monoisotopic (exact) mass is 269 g/mol. The van der Waals surface area contributed by atoms with Gasteiger partial charge < -0.3 is 5.32 Å². The second-order valence-electron chi connectivity index (χ2n) is 4.14. The van der Waals surface area contributed by atoms with Gasteiger partial charge >= 0.3 is 0 Å². The molecule has 2 aromatic rings. The highest BCUT2D eigenvalue weighted by atomic mass is 19.1. The van der Waals surface area contributed by atoms with Crippen LogP contribution in [0.5, 0.6) is 0 Å². The molecule has 0 spiro atoms. The van der Waals surface area contributed by atoms with E-state index in [2.05, 4.69) is 15.3 Å². The molecule has 1 aromatic carbocycles. The first-order valence-electron chi connectivity index (χ1n) is 5.79. The number of benzene rings is 1. The Morgan fingerprint density at radius 2 is 1.60 bits per heavy atom. The smallest absolute Gasteiger partial charge is 0.229 e. The van der Waals surface area contributed by atoms with Gasteiger partial charge in [-0.3, -0.25) is 9.59 Å². The van der Waals surface area contributed by atoms with Crippen molar-refractivity contribution in [3.8, 4) is 0 Å². The van der Waals surface area contributed by atoms with Gasteiger partial charge in [0.2, 0.25) is 11.6 Å². The van der Waals surface area contributed by atoms with Gasteiger partial charge in [-0.1, -0.05) is 0 Å². The van der Waals surface area contributed by atoms with Crippen LogP contribution >= 0.6 is 0 Å². The Hall–Kier alpha value is -2.89. The Labute approximate surface area is 113 Å². The number of hydrogen-bond donors (Lipinski definition) is 1. The molecule has 1 aliphatic carbocycles.